The maximum atomic E-state index is 12.8. The van der Waals surface area contributed by atoms with Crippen molar-refractivity contribution >= 4 is 23.2 Å². The largest absolute Gasteiger partial charge is 0.495 e. The standard InChI is InChI=1S/C20H25ClN2O3/c1-3-26-13-7-12-22-19(15-8-5-4-6-9-15)20(24)23-16-10-11-18(25-2)17(21)14-16/h4-6,8-11,14,19,22H,3,7,12-13H2,1-2H3,(H,23,24)/t19-/m1/s1. The average molecular weight is 377 g/mol. The Hall–Kier alpha value is -2.08. The van der Waals surface area contributed by atoms with Gasteiger partial charge in [0.25, 0.3) is 0 Å². The van der Waals surface area contributed by atoms with E-state index < -0.39 is 6.04 Å². The predicted molar refractivity (Wildman–Crippen MR) is 105 cm³/mol. The van der Waals surface area contributed by atoms with Crippen LogP contribution in [0.3, 0.4) is 0 Å². The van der Waals surface area contributed by atoms with E-state index in [1.165, 1.54) is 0 Å². The molecule has 0 radical (unpaired) electrons. The van der Waals surface area contributed by atoms with Crippen LogP contribution in [0.25, 0.3) is 0 Å². The van der Waals surface area contributed by atoms with E-state index in [2.05, 4.69) is 10.6 Å². The van der Waals surface area contributed by atoms with Crippen LogP contribution in [0.1, 0.15) is 24.9 Å². The van der Waals surface area contributed by atoms with Gasteiger partial charge in [-0.1, -0.05) is 41.9 Å². The maximum absolute atomic E-state index is 12.8. The molecule has 0 bridgehead atoms. The molecule has 0 fully saturated rings. The number of carbonyl (C=O) groups is 1. The number of methoxy groups -OCH3 is 1. The van der Waals surface area contributed by atoms with Gasteiger partial charge in [0.15, 0.2) is 0 Å². The number of nitrogens with one attached hydrogen (secondary N) is 2. The Labute approximate surface area is 159 Å². The summed E-state index contributed by atoms with van der Waals surface area (Å²) in [5.41, 5.74) is 1.53. The van der Waals surface area contributed by atoms with Crippen molar-refractivity contribution in [1.29, 1.82) is 0 Å². The lowest BCUT2D eigenvalue weighted by Gasteiger charge is -2.19. The highest BCUT2D eigenvalue weighted by atomic mass is 35.5. The van der Waals surface area contributed by atoms with Crippen LogP contribution < -0.4 is 15.4 Å². The number of ether oxygens (including phenoxy) is 2. The smallest absolute Gasteiger partial charge is 0.246 e. The Morgan fingerprint density at radius 1 is 1.19 bits per heavy atom. The summed E-state index contributed by atoms with van der Waals surface area (Å²) >= 11 is 6.14. The molecular formula is C20H25ClN2O3. The number of anilines is 1. The van der Waals surface area contributed by atoms with Gasteiger partial charge >= 0.3 is 0 Å². The van der Waals surface area contributed by atoms with E-state index >= 15 is 0 Å². The molecule has 6 heteroatoms. The average Bonchev–Trinajstić information content (AvgIpc) is 2.65. The summed E-state index contributed by atoms with van der Waals surface area (Å²) in [4.78, 5) is 12.8. The summed E-state index contributed by atoms with van der Waals surface area (Å²) < 4.78 is 10.5. The number of rotatable bonds is 10. The molecule has 1 atom stereocenters. The minimum Gasteiger partial charge on any atom is -0.495 e. The first-order valence-corrected chi connectivity index (χ1v) is 9.04. The molecular weight excluding hydrogens is 352 g/mol. The zero-order valence-electron chi connectivity index (χ0n) is 15.1. The Bertz CT molecular complexity index is 695. The van der Waals surface area contributed by atoms with Crippen LogP contribution in [0.4, 0.5) is 5.69 Å². The molecule has 0 heterocycles. The van der Waals surface area contributed by atoms with Crippen LogP contribution >= 0.6 is 11.6 Å². The van der Waals surface area contributed by atoms with Gasteiger partial charge in [-0.3, -0.25) is 4.79 Å². The minimum absolute atomic E-state index is 0.145. The predicted octanol–water partition coefficient (Wildman–Crippen LogP) is 4.04. The third-order valence-corrected chi connectivity index (χ3v) is 4.13. The highest BCUT2D eigenvalue weighted by Gasteiger charge is 2.20. The van der Waals surface area contributed by atoms with Crippen LogP contribution in [-0.2, 0) is 9.53 Å². The lowest BCUT2D eigenvalue weighted by Crippen LogP contribution is -2.34. The Balaban J connectivity index is 2.06. The Morgan fingerprint density at radius 3 is 2.62 bits per heavy atom. The van der Waals surface area contributed by atoms with Gasteiger partial charge in [0.2, 0.25) is 5.91 Å². The molecule has 140 valence electrons. The number of carbonyl (C=O) groups excluding carboxylic acids is 1. The molecule has 2 N–H and O–H groups in total. The molecule has 0 unspecified atom stereocenters. The van der Waals surface area contributed by atoms with Crippen LogP contribution in [0.2, 0.25) is 5.02 Å². The van der Waals surface area contributed by atoms with E-state index in [1.54, 1.807) is 25.3 Å². The number of benzene rings is 2. The molecule has 0 saturated heterocycles. The summed E-state index contributed by atoms with van der Waals surface area (Å²) in [6.07, 6.45) is 0.832. The molecule has 0 saturated carbocycles. The first kappa shape index (κ1) is 20.2. The van der Waals surface area contributed by atoms with Crippen molar-refractivity contribution in [2.75, 3.05) is 32.2 Å². The van der Waals surface area contributed by atoms with E-state index in [0.717, 1.165) is 12.0 Å². The fourth-order valence-corrected chi connectivity index (χ4v) is 2.79. The van der Waals surface area contributed by atoms with Gasteiger partial charge < -0.3 is 20.1 Å². The molecule has 0 aliphatic carbocycles. The van der Waals surface area contributed by atoms with Gasteiger partial charge in [-0.05, 0) is 43.7 Å². The second-order valence-corrected chi connectivity index (χ2v) is 6.09. The Morgan fingerprint density at radius 2 is 1.96 bits per heavy atom. The molecule has 2 rings (SSSR count). The van der Waals surface area contributed by atoms with Gasteiger partial charge in [0.1, 0.15) is 11.8 Å². The highest BCUT2D eigenvalue weighted by Crippen LogP contribution is 2.27. The summed E-state index contributed by atoms with van der Waals surface area (Å²) in [6.45, 7) is 4.01. The first-order valence-electron chi connectivity index (χ1n) is 8.66. The third kappa shape index (κ3) is 6.02. The second-order valence-electron chi connectivity index (χ2n) is 5.69. The van der Waals surface area contributed by atoms with Crippen molar-refractivity contribution < 1.29 is 14.3 Å². The second kappa shape index (κ2) is 10.8. The number of hydrogen-bond acceptors (Lipinski definition) is 4. The van der Waals surface area contributed by atoms with Crippen molar-refractivity contribution in [2.24, 2.45) is 0 Å². The highest BCUT2D eigenvalue weighted by molar-refractivity contribution is 6.32. The Kier molecular flexibility index (Phi) is 8.41. The molecule has 0 aliphatic rings. The van der Waals surface area contributed by atoms with E-state index in [-0.39, 0.29) is 5.91 Å². The van der Waals surface area contributed by atoms with E-state index in [9.17, 15) is 4.79 Å². The quantitative estimate of drug-likeness (QED) is 0.614. The lowest BCUT2D eigenvalue weighted by molar-refractivity contribution is -0.118. The molecule has 5 nitrogen and oxygen atoms in total. The van der Waals surface area contributed by atoms with E-state index in [0.29, 0.717) is 36.2 Å². The van der Waals surface area contributed by atoms with Gasteiger partial charge in [-0.2, -0.15) is 0 Å². The van der Waals surface area contributed by atoms with Crippen molar-refractivity contribution in [3.05, 3.63) is 59.1 Å². The molecule has 0 spiro atoms. The van der Waals surface area contributed by atoms with Gasteiger partial charge in [-0.25, -0.2) is 0 Å². The molecule has 0 aliphatic heterocycles. The third-order valence-electron chi connectivity index (χ3n) is 3.83. The van der Waals surface area contributed by atoms with Crippen LogP contribution in [0.5, 0.6) is 5.75 Å². The van der Waals surface area contributed by atoms with E-state index in [1.807, 2.05) is 37.3 Å². The summed E-state index contributed by atoms with van der Waals surface area (Å²) in [6, 6.07) is 14.3. The minimum atomic E-state index is -0.460. The molecule has 1 amide bonds. The molecule has 2 aromatic carbocycles. The fraction of sp³-hybridized carbons (Fsp3) is 0.350. The molecule has 26 heavy (non-hydrogen) atoms. The van der Waals surface area contributed by atoms with Crippen molar-refractivity contribution in [3.63, 3.8) is 0 Å². The lowest BCUT2D eigenvalue weighted by atomic mass is 10.1. The van der Waals surface area contributed by atoms with Crippen LogP contribution in [0.15, 0.2) is 48.5 Å². The topological polar surface area (TPSA) is 59.6 Å². The number of hydrogen-bond donors (Lipinski definition) is 2. The fourth-order valence-electron chi connectivity index (χ4n) is 2.53. The summed E-state index contributed by atoms with van der Waals surface area (Å²) in [5, 5.41) is 6.66. The first-order chi connectivity index (χ1) is 12.7. The summed E-state index contributed by atoms with van der Waals surface area (Å²) in [7, 11) is 1.55. The normalized spacial score (nSPS) is 11.8. The van der Waals surface area contributed by atoms with Crippen LogP contribution in [-0.4, -0.2) is 32.8 Å². The SMILES string of the molecule is CCOCCCN[C@@H](C(=O)Nc1ccc(OC)c(Cl)c1)c1ccccc1. The monoisotopic (exact) mass is 376 g/mol. The molecule has 0 aromatic heterocycles. The van der Waals surface area contributed by atoms with Crippen LogP contribution in [0, 0.1) is 0 Å². The van der Waals surface area contributed by atoms with Gasteiger partial charge in [0, 0.05) is 18.9 Å². The van der Waals surface area contributed by atoms with Crippen molar-refractivity contribution in [1.82, 2.24) is 5.32 Å². The zero-order chi connectivity index (χ0) is 18.8. The maximum Gasteiger partial charge on any atom is 0.246 e. The van der Waals surface area contributed by atoms with E-state index in [4.69, 9.17) is 21.1 Å². The van der Waals surface area contributed by atoms with Gasteiger partial charge in [-0.15, -0.1) is 0 Å². The van der Waals surface area contributed by atoms with Crippen molar-refractivity contribution in [2.45, 2.75) is 19.4 Å². The summed E-state index contributed by atoms with van der Waals surface area (Å²) in [5.74, 6) is 0.423. The van der Waals surface area contributed by atoms with Crippen molar-refractivity contribution in [3.8, 4) is 5.75 Å². The number of halogens is 1. The number of amides is 1. The zero-order valence-corrected chi connectivity index (χ0v) is 15.9. The molecule has 2 aromatic rings. The van der Waals surface area contributed by atoms with Gasteiger partial charge in [0.05, 0.1) is 12.1 Å².